The van der Waals surface area contributed by atoms with E-state index >= 15 is 0 Å². The van der Waals surface area contributed by atoms with Gasteiger partial charge in [-0.15, -0.1) is 5.10 Å². The number of carbonyl (C=O) groups is 1. The van der Waals surface area contributed by atoms with Crippen LogP contribution in [0.15, 0.2) is 6.07 Å². The molecule has 3 rings (SSSR count). The number of hydrogen-bond donors (Lipinski definition) is 1. The summed E-state index contributed by atoms with van der Waals surface area (Å²) in [6, 6.07) is 1.85. The maximum absolute atomic E-state index is 12.2. The van der Waals surface area contributed by atoms with E-state index in [1.165, 1.54) is 0 Å². The number of hydrogen-bond acceptors (Lipinski definition) is 5. The van der Waals surface area contributed by atoms with Crippen molar-refractivity contribution < 1.29 is 9.53 Å². The zero-order valence-corrected chi connectivity index (χ0v) is 12.5. The van der Waals surface area contributed by atoms with Gasteiger partial charge in [-0.1, -0.05) is 0 Å². The van der Waals surface area contributed by atoms with Gasteiger partial charge in [-0.3, -0.25) is 4.79 Å². The quantitative estimate of drug-likeness (QED) is 0.913. The molecule has 3 heterocycles. The molecule has 1 fully saturated rings. The lowest BCUT2D eigenvalue weighted by molar-refractivity contribution is 0.0706. The van der Waals surface area contributed by atoms with E-state index in [1.54, 1.807) is 4.52 Å². The summed E-state index contributed by atoms with van der Waals surface area (Å²) in [5.41, 5.74) is 1.75. The number of aryl methyl sites for hydroxylation is 2. The van der Waals surface area contributed by atoms with Gasteiger partial charge in [0.2, 0.25) is 5.82 Å². The molecular weight excluding hydrogens is 270 g/mol. The van der Waals surface area contributed by atoms with E-state index in [1.807, 2.05) is 26.8 Å². The van der Waals surface area contributed by atoms with Crippen molar-refractivity contribution in [2.24, 2.45) is 0 Å². The van der Waals surface area contributed by atoms with Crippen LogP contribution in [-0.4, -0.2) is 44.2 Å². The molecule has 1 amide bonds. The minimum absolute atomic E-state index is 0.0533. The summed E-state index contributed by atoms with van der Waals surface area (Å²) in [4.78, 5) is 20.7. The number of ether oxygens (including phenoxy) is 1. The van der Waals surface area contributed by atoms with Crippen LogP contribution in [0.25, 0.3) is 5.78 Å². The highest BCUT2D eigenvalue weighted by Gasteiger charge is 2.25. The molecule has 2 atom stereocenters. The Morgan fingerprint density at radius 2 is 2.29 bits per heavy atom. The van der Waals surface area contributed by atoms with Crippen molar-refractivity contribution >= 4 is 11.7 Å². The molecule has 0 spiro atoms. The summed E-state index contributed by atoms with van der Waals surface area (Å²) in [5, 5.41) is 7.13. The standard InChI is InChI=1S/C14H19N5O2/c1-8-7-9(2)19-14(15-8)17-12(18-19)13(20)16-10(3)11-5-4-6-21-11/h7,10-11H,4-6H2,1-3H3,(H,16,20)/t10-,11-/m0/s1. The Hall–Kier alpha value is -2.02. The van der Waals surface area contributed by atoms with Crippen molar-refractivity contribution in [2.75, 3.05) is 6.61 Å². The largest absolute Gasteiger partial charge is 0.376 e. The van der Waals surface area contributed by atoms with Gasteiger partial charge in [0.05, 0.1) is 12.1 Å². The van der Waals surface area contributed by atoms with Gasteiger partial charge in [-0.05, 0) is 39.7 Å². The van der Waals surface area contributed by atoms with Crippen LogP contribution in [0.5, 0.6) is 0 Å². The third-order valence-corrected chi connectivity index (χ3v) is 3.70. The predicted molar refractivity (Wildman–Crippen MR) is 76.2 cm³/mol. The van der Waals surface area contributed by atoms with E-state index in [-0.39, 0.29) is 23.9 Å². The van der Waals surface area contributed by atoms with Crippen molar-refractivity contribution in [3.05, 3.63) is 23.3 Å². The van der Waals surface area contributed by atoms with Crippen LogP contribution in [0.3, 0.4) is 0 Å². The van der Waals surface area contributed by atoms with Crippen molar-refractivity contribution in [1.82, 2.24) is 24.9 Å². The highest BCUT2D eigenvalue weighted by Crippen LogP contribution is 2.15. The minimum Gasteiger partial charge on any atom is -0.376 e. The van der Waals surface area contributed by atoms with Crippen LogP contribution in [-0.2, 0) is 4.74 Å². The Bertz CT molecular complexity index is 675. The summed E-state index contributed by atoms with van der Waals surface area (Å²) in [5.74, 6) is 0.295. The molecule has 21 heavy (non-hydrogen) atoms. The molecule has 2 aromatic heterocycles. The Kier molecular flexibility index (Phi) is 3.59. The third-order valence-electron chi connectivity index (χ3n) is 3.70. The molecule has 1 aliphatic heterocycles. The molecule has 1 N–H and O–H groups in total. The maximum atomic E-state index is 12.2. The fraction of sp³-hybridized carbons (Fsp3) is 0.571. The maximum Gasteiger partial charge on any atom is 0.291 e. The van der Waals surface area contributed by atoms with Crippen molar-refractivity contribution in [2.45, 2.75) is 45.8 Å². The summed E-state index contributed by atoms with van der Waals surface area (Å²) in [7, 11) is 0. The average Bonchev–Trinajstić information content (AvgIpc) is 3.07. The lowest BCUT2D eigenvalue weighted by atomic mass is 10.1. The Morgan fingerprint density at radius 1 is 1.48 bits per heavy atom. The molecule has 7 heteroatoms. The second-order valence-corrected chi connectivity index (χ2v) is 5.50. The molecule has 1 aliphatic rings. The summed E-state index contributed by atoms with van der Waals surface area (Å²) in [6.07, 6.45) is 2.09. The molecule has 0 bridgehead atoms. The van der Waals surface area contributed by atoms with Crippen LogP contribution in [0.2, 0.25) is 0 Å². The number of carbonyl (C=O) groups excluding carboxylic acids is 1. The Labute approximate surface area is 122 Å². The molecule has 0 aromatic carbocycles. The van der Waals surface area contributed by atoms with Crippen LogP contribution in [0.4, 0.5) is 0 Å². The fourth-order valence-electron chi connectivity index (χ4n) is 2.62. The Morgan fingerprint density at radius 3 is 3.00 bits per heavy atom. The zero-order chi connectivity index (χ0) is 15.0. The highest BCUT2D eigenvalue weighted by atomic mass is 16.5. The summed E-state index contributed by atoms with van der Waals surface area (Å²) in [6.45, 7) is 6.51. The number of rotatable bonds is 3. The molecule has 1 saturated heterocycles. The van der Waals surface area contributed by atoms with Crippen LogP contribution >= 0.6 is 0 Å². The van der Waals surface area contributed by atoms with Gasteiger partial charge in [0, 0.05) is 18.0 Å². The van der Waals surface area contributed by atoms with Gasteiger partial charge < -0.3 is 10.1 Å². The van der Waals surface area contributed by atoms with Gasteiger partial charge in [0.1, 0.15) is 0 Å². The highest BCUT2D eigenvalue weighted by molar-refractivity contribution is 5.91. The average molecular weight is 289 g/mol. The predicted octanol–water partition coefficient (Wildman–Crippen LogP) is 1.04. The molecular formula is C14H19N5O2. The van der Waals surface area contributed by atoms with E-state index in [4.69, 9.17) is 4.74 Å². The molecule has 112 valence electrons. The van der Waals surface area contributed by atoms with Crippen LogP contribution in [0.1, 0.15) is 41.8 Å². The monoisotopic (exact) mass is 289 g/mol. The smallest absolute Gasteiger partial charge is 0.291 e. The molecule has 7 nitrogen and oxygen atoms in total. The summed E-state index contributed by atoms with van der Waals surface area (Å²) >= 11 is 0. The summed E-state index contributed by atoms with van der Waals surface area (Å²) < 4.78 is 7.15. The minimum atomic E-state index is -0.291. The van der Waals surface area contributed by atoms with Gasteiger partial charge >= 0.3 is 0 Å². The molecule has 0 radical (unpaired) electrons. The van der Waals surface area contributed by atoms with E-state index in [0.717, 1.165) is 30.8 Å². The molecule has 0 unspecified atom stereocenters. The normalized spacial score (nSPS) is 19.9. The number of amides is 1. The van der Waals surface area contributed by atoms with E-state index < -0.39 is 0 Å². The first-order valence-electron chi connectivity index (χ1n) is 7.18. The number of fused-ring (bicyclic) bond motifs is 1. The molecule has 0 saturated carbocycles. The molecule has 0 aliphatic carbocycles. The first kappa shape index (κ1) is 13.9. The topological polar surface area (TPSA) is 81.4 Å². The van der Waals surface area contributed by atoms with Crippen molar-refractivity contribution in [1.29, 1.82) is 0 Å². The first-order chi connectivity index (χ1) is 10.0. The van der Waals surface area contributed by atoms with E-state index in [2.05, 4.69) is 20.4 Å². The first-order valence-corrected chi connectivity index (χ1v) is 7.18. The van der Waals surface area contributed by atoms with E-state index in [9.17, 15) is 4.79 Å². The lowest BCUT2D eigenvalue weighted by Gasteiger charge is -2.18. The van der Waals surface area contributed by atoms with Gasteiger partial charge in [-0.2, -0.15) is 4.98 Å². The zero-order valence-electron chi connectivity index (χ0n) is 12.5. The third kappa shape index (κ3) is 2.73. The van der Waals surface area contributed by atoms with Crippen LogP contribution in [0, 0.1) is 13.8 Å². The van der Waals surface area contributed by atoms with Gasteiger partial charge in [-0.25, -0.2) is 9.50 Å². The number of nitrogens with zero attached hydrogens (tertiary/aromatic N) is 4. The van der Waals surface area contributed by atoms with Crippen LogP contribution < -0.4 is 5.32 Å². The number of nitrogens with one attached hydrogen (secondary N) is 1. The second-order valence-electron chi connectivity index (χ2n) is 5.50. The van der Waals surface area contributed by atoms with Crippen molar-refractivity contribution in [3.8, 4) is 0 Å². The SMILES string of the molecule is Cc1cc(C)n2nc(C(=O)N[C@@H](C)[C@@H]3CCCO3)nc2n1. The second kappa shape index (κ2) is 5.40. The van der Waals surface area contributed by atoms with Crippen molar-refractivity contribution in [3.63, 3.8) is 0 Å². The number of aromatic nitrogens is 4. The molecule has 2 aromatic rings. The Balaban J connectivity index is 1.79. The van der Waals surface area contributed by atoms with Gasteiger partial charge in [0.25, 0.3) is 11.7 Å². The van der Waals surface area contributed by atoms with E-state index in [0.29, 0.717) is 5.78 Å². The fourth-order valence-corrected chi connectivity index (χ4v) is 2.62. The lowest BCUT2D eigenvalue weighted by Crippen LogP contribution is -2.41. The van der Waals surface area contributed by atoms with Gasteiger partial charge in [0.15, 0.2) is 0 Å².